The number of piperazine rings is 1. The Morgan fingerprint density at radius 3 is 2.73 bits per heavy atom. The number of methoxy groups -OCH3 is 1. The van der Waals surface area contributed by atoms with Crippen LogP contribution in [0.3, 0.4) is 0 Å². The third-order valence-corrected chi connectivity index (χ3v) is 4.08. The van der Waals surface area contributed by atoms with Crippen LogP contribution in [0.1, 0.15) is 5.56 Å². The lowest BCUT2D eigenvalue weighted by Gasteiger charge is -2.38. The SMILES string of the molecule is CNC(=O)C1CN(C(=O)Cc2ccccc2OC)CCN1C. The van der Waals surface area contributed by atoms with Gasteiger partial charge >= 0.3 is 0 Å². The van der Waals surface area contributed by atoms with Crippen molar-refractivity contribution < 1.29 is 14.3 Å². The van der Waals surface area contributed by atoms with Gasteiger partial charge in [-0.05, 0) is 13.1 Å². The predicted octanol–water partition coefficient (Wildman–Crippen LogP) is 0.126. The van der Waals surface area contributed by atoms with Crippen molar-refractivity contribution in [1.29, 1.82) is 0 Å². The number of likely N-dealkylation sites (N-methyl/N-ethyl adjacent to an activating group) is 2. The van der Waals surface area contributed by atoms with E-state index in [0.29, 0.717) is 25.4 Å². The van der Waals surface area contributed by atoms with Crippen molar-refractivity contribution in [3.8, 4) is 5.75 Å². The molecule has 1 aromatic carbocycles. The Balaban J connectivity index is 2.05. The summed E-state index contributed by atoms with van der Waals surface area (Å²) >= 11 is 0. The molecule has 1 unspecified atom stereocenters. The number of carbonyl (C=O) groups is 2. The third-order valence-electron chi connectivity index (χ3n) is 4.08. The summed E-state index contributed by atoms with van der Waals surface area (Å²) in [5.41, 5.74) is 0.866. The monoisotopic (exact) mass is 305 g/mol. The average Bonchev–Trinajstić information content (AvgIpc) is 2.55. The largest absolute Gasteiger partial charge is 0.496 e. The Labute approximate surface area is 131 Å². The van der Waals surface area contributed by atoms with Crippen LogP contribution < -0.4 is 10.1 Å². The van der Waals surface area contributed by atoms with Crippen LogP contribution in [0.2, 0.25) is 0 Å². The van der Waals surface area contributed by atoms with Crippen LogP contribution in [0.15, 0.2) is 24.3 Å². The molecule has 0 aliphatic carbocycles. The molecule has 1 atom stereocenters. The zero-order chi connectivity index (χ0) is 16.1. The summed E-state index contributed by atoms with van der Waals surface area (Å²) in [6.45, 7) is 1.75. The first-order valence-electron chi connectivity index (χ1n) is 7.38. The number of nitrogens with zero attached hydrogens (tertiary/aromatic N) is 2. The highest BCUT2D eigenvalue weighted by molar-refractivity contribution is 5.84. The molecule has 0 radical (unpaired) electrons. The molecule has 6 heteroatoms. The molecule has 1 fully saturated rings. The van der Waals surface area contributed by atoms with Crippen molar-refractivity contribution in [3.63, 3.8) is 0 Å². The molecule has 0 spiro atoms. The van der Waals surface area contributed by atoms with Gasteiger partial charge in [-0.1, -0.05) is 18.2 Å². The van der Waals surface area contributed by atoms with E-state index in [4.69, 9.17) is 4.74 Å². The van der Waals surface area contributed by atoms with Gasteiger partial charge in [0.15, 0.2) is 0 Å². The minimum Gasteiger partial charge on any atom is -0.496 e. The van der Waals surface area contributed by atoms with E-state index in [1.54, 1.807) is 19.1 Å². The van der Waals surface area contributed by atoms with Gasteiger partial charge in [-0.25, -0.2) is 0 Å². The lowest BCUT2D eigenvalue weighted by Crippen LogP contribution is -2.58. The second-order valence-electron chi connectivity index (χ2n) is 5.44. The van der Waals surface area contributed by atoms with Gasteiger partial charge in [0.05, 0.1) is 13.5 Å². The van der Waals surface area contributed by atoms with Crippen molar-refractivity contribution in [1.82, 2.24) is 15.1 Å². The first kappa shape index (κ1) is 16.3. The van der Waals surface area contributed by atoms with E-state index in [9.17, 15) is 9.59 Å². The number of para-hydroxylation sites is 1. The Kier molecular flexibility index (Phi) is 5.38. The van der Waals surface area contributed by atoms with E-state index in [0.717, 1.165) is 5.56 Å². The van der Waals surface area contributed by atoms with Gasteiger partial charge in [0.1, 0.15) is 11.8 Å². The topological polar surface area (TPSA) is 61.9 Å². The highest BCUT2D eigenvalue weighted by Crippen LogP contribution is 2.19. The second-order valence-corrected chi connectivity index (χ2v) is 5.44. The minimum atomic E-state index is -0.291. The fourth-order valence-electron chi connectivity index (χ4n) is 2.67. The summed E-state index contributed by atoms with van der Waals surface area (Å²) < 4.78 is 5.28. The normalized spacial score (nSPS) is 18.9. The van der Waals surface area contributed by atoms with Gasteiger partial charge < -0.3 is 15.0 Å². The molecular formula is C16H23N3O3. The first-order valence-corrected chi connectivity index (χ1v) is 7.38. The molecule has 0 saturated carbocycles. The van der Waals surface area contributed by atoms with Crippen molar-refractivity contribution >= 4 is 11.8 Å². The minimum absolute atomic E-state index is 0.0199. The smallest absolute Gasteiger partial charge is 0.238 e. The Hall–Kier alpha value is -2.08. The van der Waals surface area contributed by atoms with Gasteiger partial charge in [-0.2, -0.15) is 0 Å². The first-order chi connectivity index (χ1) is 10.6. The summed E-state index contributed by atoms with van der Waals surface area (Å²) in [6, 6.07) is 7.22. The lowest BCUT2D eigenvalue weighted by molar-refractivity contribution is -0.136. The lowest BCUT2D eigenvalue weighted by atomic mass is 10.1. The molecule has 0 bridgehead atoms. The van der Waals surface area contributed by atoms with E-state index < -0.39 is 0 Å². The van der Waals surface area contributed by atoms with Crippen LogP contribution in [-0.2, 0) is 16.0 Å². The van der Waals surface area contributed by atoms with E-state index in [1.807, 2.05) is 36.2 Å². The Bertz CT molecular complexity index is 547. The number of ether oxygens (including phenoxy) is 1. The summed E-state index contributed by atoms with van der Waals surface area (Å²) in [7, 11) is 5.12. The van der Waals surface area contributed by atoms with E-state index in [-0.39, 0.29) is 24.3 Å². The van der Waals surface area contributed by atoms with Crippen LogP contribution >= 0.6 is 0 Å². The quantitative estimate of drug-likeness (QED) is 0.859. The number of nitrogens with one attached hydrogen (secondary N) is 1. The number of amides is 2. The van der Waals surface area contributed by atoms with Gasteiger partial charge in [-0.3, -0.25) is 14.5 Å². The molecule has 2 amide bonds. The molecule has 6 nitrogen and oxygen atoms in total. The van der Waals surface area contributed by atoms with Gasteiger partial charge in [0.2, 0.25) is 11.8 Å². The summed E-state index contributed by atoms with van der Waals surface area (Å²) in [5, 5.41) is 2.65. The summed E-state index contributed by atoms with van der Waals surface area (Å²) in [5.74, 6) is 0.677. The highest BCUT2D eigenvalue weighted by atomic mass is 16.5. The van der Waals surface area contributed by atoms with Crippen molar-refractivity contribution in [2.45, 2.75) is 12.5 Å². The van der Waals surface area contributed by atoms with E-state index in [2.05, 4.69) is 5.32 Å². The molecular weight excluding hydrogens is 282 g/mol. The molecule has 0 aromatic heterocycles. The zero-order valence-electron chi connectivity index (χ0n) is 13.3. The fourth-order valence-corrected chi connectivity index (χ4v) is 2.67. The van der Waals surface area contributed by atoms with Crippen LogP contribution in [0, 0.1) is 0 Å². The molecule has 1 aliphatic heterocycles. The van der Waals surface area contributed by atoms with Gasteiger partial charge in [0.25, 0.3) is 0 Å². The predicted molar refractivity (Wildman–Crippen MR) is 83.8 cm³/mol. The van der Waals surface area contributed by atoms with Crippen LogP contribution in [0.5, 0.6) is 5.75 Å². The highest BCUT2D eigenvalue weighted by Gasteiger charge is 2.31. The standard InChI is InChI=1S/C16H23N3O3/c1-17-16(21)13-11-19(9-8-18(13)2)15(20)10-12-6-4-5-7-14(12)22-3/h4-7,13H,8-11H2,1-3H3,(H,17,21). The maximum atomic E-state index is 12.5. The van der Waals surface area contributed by atoms with Crippen molar-refractivity contribution in [3.05, 3.63) is 29.8 Å². The molecule has 1 aliphatic rings. The molecule has 1 aromatic rings. The van der Waals surface area contributed by atoms with Gasteiger partial charge in [-0.15, -0.1) is 0 Å². The van der Waals surface area contributed by atoms with E-state index in [1.165, 1.54) is 0 Å². The van der Waals surface area contributed by atoms with Crippen LogP contribution in [0.25, 0.3) is 0 Å². The maximum Gasteiger partial charge on any atom is 0.238 e. The number of carbonyl (C=O) groups excluding carboxylic acids is 2. The molecule has 1 N–H and O–H groups in total. The molecule has 120 valence electrons. The Morgan fingerprint density at radius 2 is 2.05 bits per heavy atom. The van der Waals surface area contributed by atoms with Crippen molar-refractivity contribution in [2.75, 3.05) is 40.8 Å². The maximum absolute atomic E-state index is 12.5. The zero-order valence-corrected chi connectivity index (χ0v) is 13.3. The second kappa shape index (κ2) is 7.26. The van der Waals surface area contributed by atoms with E-state index >= 15 is 0 Å². The van der Waals surface area contributed by atoms with Crippen LogP contribution in [0.4, 0.5) is 0 Å². The number of hydrogen-bond donors (Lipinski definition) is 1. The number of hydrogen-bond acceptors (Lipinski definition) is 4. The molecule has 1 saturated heterocycles. The third kappa shape index (κ3) is 3.57. The Morgan fingerprint density at radius 1 is 1.32 bits per heavy atom. The average molecular weight is 305 g/mol. The molecule has 22 heavy (non-hydrogen) atoms. The van der Waals surface area contributed by atoms with Gasteiger partial charge in [0, 0.05) is 32.2 Å². The number of benzene rings is 1. The summed E-state index contributed by atoms with van der Waals surface area (Å²) in [4.78, 5) is 28.1. The molecule has 1 heterocycles. The fraction of sp³-hybridized carbons (Fsp3) is 0.500. The summed E-state index contributed by atoms with van der Waals surface area (Å²) in [6.07, 6.45) is 0.286. The van der Waals surface area contributed by atoms with Crippen molar-refractivity contribution in [2.24, 2.45) is 0 Å². The van der Waals surface area contributed by atoms with Crippen LogP contribution in [-0.4, -0.2) is 68.5 Å². The number of rotatable bonds is 4. The molecule has 2 rings (SSSR count).